The van der Waals surface area contributed by atoms with Crippen molar-refractivity contribution in [3.05, 3.63) is 76.5 Å². The van der Waals surface area contributed by atoms with Crippen LogP contribution in [-0.4, -0.2) is 80.4 Å². The lowest BCUT2D eigenvalue weighted by Crippen LogP contribution is -2.71. The number of benzene rings is 2. The van der Waals surface area contributed by atoms with Crippen molar-refractivity contribution in [2.75, 3.05) is 22.9 Å². The number of β-lactam (4-membered cyclic amide) rings is 1. The van der Waals surface area contributed by atoms with Crippen LogP contribution in [0.15, 0.2) is 75.9 Å². The van der Waals surface area contributed by atoms with Crippen LogP contribution in [0.2, 0.25) is 0 Å². The highest BCUT2D eigenvalue weighted by Crippen LogP contribution is 2.42. The maximum Gasteiger partial charge on any atom is 0.491 e. The summed E-state index contributed by atoms with van der Waals surface area (Å²) in [6.45, 7) is 0.268. The number of rotatable bonds is 6. The average molecular weight is 687 g/mol. The molecule has 2 aromatic carbocycles. The molecule has 1 aromatic heterocycles. The van der Waals surface area contributed by atoms with Crippen molar-refractivity contribution >= 4 is 80.1 Å². The number of oxime groups is 1. The summed E-state index contributed by atoms with van der Waals surface area (Å²) in [6, 6.07) is 11.6. The zero-order valence-corrected chi connectivity index (χ0v) is 25.3. The lowest BCUT2D eigenvalue weighted by Gasteiger charge is -2.49. The fraction of sp³-hybridized carbons (Fsp3) is 0.207. The molecule has 47 heavy (non-hydrogen) atoms. The van der Waals surface area contributed by atoms with E-state index < -0.39 is 58.7 Å². The Morgan fingerprint density at radius 3 is 2.60 bits per heavy atom. The molecule has 3 aromatic rings. The van der Waals surface area contributed by atoms with Gasteiger partial charge in [-0.25, -0.2) is 14.6 Å². The van der Waals surface area contributed by atoms with Gasteiger partial charge in [-0.05, 0) is 29.5 Å². The van der Waals surface area contributed by atoms with Gasteiger partial charge in [-0.2, -0.15) is 13.2 Å². The molecule has 13 nitrogen and oxygen atoms in total. The third-order valence-corrected chi connectivity index (χ3v) is 9.48. The van der Waals surface area contributed by atoms with Gasteiger partial charge in [-0.15, -0.1) is 23.1 Å². The van der Waals surface area contributed by atoms with Crippen LogP contribution < -0.4 is 16.0 Å². The maximum absolute atomic E-state index is 13.6. The lowest BCUT2D eigenvalue weighted by molar-refractivity contribution is -0.201. The van der Waals surface area contributed by atoms with E-state index in [0.29, 0.717) is 5.69 Å². The summed E-state index contributed by atoms with van der Waals surface area (Å²) in [6.07, 6.45) is -3.99. The number of nitrogens with two attached hydrogens (primary N) is 1. The molecule has 0 saturated carbocycles. The molecule has 6 rings (SSSR count). The van der Waals surface area contributed by atoms with Crippen LogP contribution in [0.3, 0.4) is 0 Å². The van der Waals surface area contributed by atoms with Crippen LogP contribution in [0.5, 0.6) is 0 Å². The molecule has 0 bridgehead atoms. The van der Waals surface area contributed by atoms with Crippen LogP contribution >= 0.6 is 23.1 Å². The van der Waals surface area contributed by atoms with Gasteiger partial charge < -0.3 is 25.9 Å². The first-order valence-corrected chi connectivity index (χ1v) is 15.6. The summed E-state index contributed by atoms with van der Waals surface area (Å²) >= 11 is 2.00. The molecule has 0 unspecified atom stereocenters. The van der Waals surface area contributed by atoms with Crippen molar-refractivity contribution in [2.24, 2.45) is 5.16 Å². The molecular formula is C29H21F3N6O7S2. The van der Waals surface area contributed by atoms with Crippen LogP contribution in [-0.2, 0) is 28.7 Å². The lowest BCUT2D eigenvalue weighted by atomic mass is 10.0. The maximum atomic E-state index is 13.6. The normalized spacial score (nSPS) is 20.8. The summed E-state index contributed by atoms with van der Waals surface area (Å²) in [5.41, 5.74) is 5.09. The number of alkyl halides is 3. The molecule has 4 heterocycles. The van der Waals surface area contributed by atoms with Crippen molar-refractivity contribution < 1.29 is 47.1 Å². The molecule has 2 saturated heterocycles. The number of nitrogens with one attached hydrogen (secondary N) is 1. The number of halogens is 3. The van der Waals surface area contributed by atoms with Crippen LogP contribution in [0.25, 0.3) is 10.8 Å². The zero-order chi connectivity index (χ0) is 33.6. The number of nitrogen functional groups attached to an aromatic ring is 1. The predicted molar refractivity (Wildman–Crippen MR) is 163 cm³/mol. The molecule has 3 aliphatic rings. The number of esters is 2. The Labute approximate surface area is 270 Å². The van der Waals surface area contributed by atoms with Gasteiger partial charge in [0.1, 0.15) is 22.8 Å². The van der Waals surface area contributed by atoms with Gasteiger partial charge in [0.25, 0.3) is 17.7 Å². The SMILES string of the molecule is Nc1nc(/C(=N/O)C(=O)N[C@@H]2C(=O)N3C(C(=O)OC(=O)C(F)(F)F)=C(/C=C4\CCN(c5cccc6ccccc56)C4=O)CS[C@H]23)cs1. The molecule has 0 aliphatic carbocycles. The van der Waals surface area contributed by atoms with E-state index in [-0.39, 0.29) is 40.7 Å². The van der Waals surface area contributed by atoms with E-state index in [1.54, 1.807) is 12.1 Å². The van der Waals surface area contributed by atoms with E-state index in [9.17, 15) is 42.4 Å². The molecule has 2 atom stereocenters. The number of hydrogen-bond donors (Lipinski definition) is 3. The molecule has 18 heteroatoms. The fourth-order valence-corrected chi connectivity index (χ4v) is 7.24. The third-order valence-electron chi connectivity index (χ3n) is 7.50. The Kier molecular flexibility index (Phi) is 8.22. The van der Waals surface area contributed by atoms with Crippen molar-refractivity contribution in [3.63, 3.8) is 0 Å². The standard InChI is InChI=1S/C29H21F3N6O7S2/c30-29(31,32)27(43)45-26(42)21-15(10-14-8-9-37(23(14)40)18-7-3-5-13-4-1-2-6-16(13)18)11-46-25-20(24(41)38(21)25)35-22(39)19(36-44)17-12-47-28(33)34-17/h1-7,10,12,20,25,44H,8-9,11H2,(H2,33,34)(H,35,39)/b14-10+,36-19-/t20-,25-/m1/s1. The first-order chi connectivity index (χ1) is 22.4. The van der Waals surface area contributed by atoms with Crippen LogP contribution in [0, 0.1) is 0 Å². The second kappa shape index (κ2) is 12.2. The monoisotopic (exact) mass is 686 g/mol. The second-order valence-electron chi connectivity index (χ2n) is 10.3. The number of allylic oxidation sites excluding steroid dienone is 1. The molecular weight excluding hydrogens is 665 g/mol. The number of ether oxygens (including phenoxy) is 1. The Morgan fingerprint density at radius 1 is 1.15 bits per heavy atom. The highest BCUT2D eigenvalue weighted by molar-refractivity contribution is 8.00. The third kappa shape index (κ3) is 5.80. The van der Waals surface area contributed by atoms with Crippen molar-refractivity contribution in [2.45, 2.75) is 24.0 Å². The van der Waals surface area contributed by atoms with E-state index >= 15 is 0 Å². The number of aromatic nitrogens is 1. The van der Waals surface area contributed by atoms with Crippen molar-refractivity contribution in [1.82, 2.24) is 15.2 Å². The Morgan fingerprint density at radius 2 is 1.89 bits per heavy atom. The molecule has 3 amide bonds. The van der Waals surface area contributed by atoms with Gasteiger partial charge in [0.05, 0.1) is 5.69 Å². The first-order valence-electron chi connectivity index (χ1n) is 13.6. The molecule has 0 spiro atoms. The first kappa shape index (κ1) is 31.7. The van der Waals surface area contributed by atoms with Gasteiger partial charge >= 0.3 is 18.1 Å². The van der Waals surface area contributed by atoms with Gasteiger partial charge in [-0.3, -0.25) is 19.3 Å². The van der Waals surface area contributed by atoms with Crippen LogP contribution in [0.4, 0.5) is 24.0 Å². The number of thiazole rings is 1. The number of hydrogen-bond acceptors (Lipinski definition) is 12. The molecule has 242 valence electrons. The quantitative estimate of drug-likeness (QED) is 0.0663. The molecule has 3 aliphatic heterocycles. The van der Waals surface area contributed by atoms with Crippen LogP contribution in [0.1, 0.15) is 12.1 Å². The second-order valence-corrected chi connectivity index (χ2v) is 12.3. The number of amides is 3. The van der Waals surface area contributed by atoms with Gasteiger partial charge in [0, 0.05) is 28.6 Å². The van der Waals surface area contributed by atoms with Gasteiger partial charge in [-0.1, -0.05) is 41.6 Å². The van der Waals surface area contributed by atoms with E-state index in [1.165, 1.54) is 16.4 Å². The number of carbonyl (C=O) groups is 5. The predicted octanol–water partition coefficient (Wildman–Crippen LogP) is 2.71. The summed E-state index contributed by atoms with van der Waals surface area (Å²) < 4.78 is 43.1. The number of fused-ring (bicyclic) bond motifs is 2. The summed E-state index contributed by atoms with van der Waals surface area (Å²) in [5, 5.41) is 16.8. The van der Waals surface area contributed by atoms with E-state index in [0.717, 1.165) is 38.8 Å². The smallest absolute Gasteiger partial charge is 0.410 e. The Balaban J connectivity index is 1.30. The highest BCUT2D eigenvalue weighted by Gasteiger charge is 2.55. The molecule has 2 fully saturated rings. The minimum Gasteiger partial charge on any atom is -0.410 e. The minimum absolute atomic E-state index is 0.0250. The molecule has 0 radical (unpaired) electrons. The minimum atomic E-state index is -5.51. The highest BCUT2D eigenvalue weighted by atomic mass is 32.2. The average Bonchev–Trinajstić information content (AvgIpc) is 3.63. The number of thioether (sulfide) groups is 1. The van der Waals surface area contributed by atoms with Gasteiger partial charge in [0.2, 0.25) is 0 Å². The zero-order valence-electron chi connectivity index (χ0n) is 23.7. The van der Waals surface area contributed by atoms with E-state index in [2.05, 4.69) is 20.2 Å². The Bertz CT molecular complexity index is 1950. The summed E-state index contributed by atoms with van der Waals surface area (Å²) in [5.74, 6) is -7.02. The number of carbonyl (C=O) groups excluding carboxylic acids is 5. The largest absolute Gasteiger partial charge is 0.491 e. The molecule has 4 N–H and O–H groups in total. The van der Waals surface area contributed by atoms with Crippen molar-refractivity contribution in [3.8, 4) is 0 Å². The van der Waals surface area contributed by atoms with Crippen molar-refractivity contribution in [1.29, 1.82) is 0 Å². The summed E-state index contributed by atoms with van der Waals surface area (Å²) in [7, 11) is 0. The topological polar surface area (TPSA) is 185 Å². The van der Waals surface area contributed by atoms with Gasteiger partial charge in [0.15, 0.2) is 10.8 Å². The number of anilines is 2. The number of nitrogens with zero attached hydrogens (tertiary/aromatic N) is 4. The summed E-state index contributed by atoms with van der Waals surface area (Å²) in [4.78, 5) is 70.6. The fourth-order valence-electron chi connectivity index (χ4n) is 5.38. The van der Waals surface area contributed by atoms with E-state index in [1.807, 2.05) is 30.3 Å². The van der Waals surface area contributed by atoms with E-state index in [4.69, 9.17) is 5.73 Å². The Hall–Kier alpha value is -5.23.